The van der Waals surface area contributed by atoms with Crippen molar-refractivity contribution in [2.45, 2.75) is 19.3 Å². The Morgan fingerprint density at radius 1 is 0.610 bits per heavy atom. The van der Waals surface area contributed by atoms with E-state index in [2.05, 4.69) is 144 Å². The van der Waals surface area contributed by atoms with Crippen LogP contribution in [0.25, 0.3) is 66.1 Å². The summed E-state index contributed by atoms with van der Waals surface area (Å²) in [5, 5.41) is 5.20. The van der Waals surface area contributed by atoms with Crippen molar-refractivity contribution in [2.24, 2.45) is 0 Å². The second-order valence-electron chi connectivity index (χ2n) is 11.6. The summed E-state index contributed by atoms with van der Waals surface area (Å²) in [5.41, 5.74) is 12.2. The van der Waals surface area contributed by atoms with E-state index in [0.717, 1.165) is 22.4 Å². The van der Waals surface area contributed by atoms with Crippen LogP contribution in [-0.2, 0) is 5.41 Å². The van der Waals surface area contributed by atoms with E-state index in [1.165, 1.54) is 54.8 Å². The summed E-state index contributed by atoms with van der Waals surface area (Å²) >= 11 is 0. The van der Waals surface area contributed by atoms with Crippen LogP contribution in [0.4, 0.5) is 0 Å². The Morgan fingerprint density at radius 2 is 1.29 bits per heavy atom. The molecule has 0 aliphatic heterocycles. The largest absolute Gasteiger partial charge is 0.306 e. The zero-order valence-electron chi connectivity index (χ0n) is 23.0. The lowest BCUT2D eigenvalue weighted by atomic mass is 9.79. The van der Waals surface area contributed by atoms with Gasteiger partial charge in [-0.05, 0) is 58.0 Å². The summed E-state index contributed by atoms with van der Waals surface area (Å²) in [5.74, 6) is 0. The predicted molar refractivity (Wildman–Crippen MR) is 170 cm³/mol. The van der Waals surface area contributed by atoms with Crippen LogP contribution in [0.15, 0.2) is 128 Å². The molecule has 0 amide bonds. The van der Waals surface area contributed by atoms with Gasteiger partial charge in [0, 0.05) is 27.3 Å². The number of aromatic nitrogens is 3. The maximum Gasteiger partial charge on any atom is 0.113 e. The van der Waals surface area contributed by atoms with Gasteiger partial charge in [-0.15, -0.1) is 0 Å². The molecule has 0 N–H and O–H groups in total. The zero-order chi connectivity index (χ0) is 27.3. The molecule has 6 aromatic carbocycles. The second kappa shape index (κ2) is 7.96. The number of fused-ring (bicyclic) bond motifs is 11. The third-order valence-corrected chi connectivity index (χ3v) is 9.15. The van der Waals surface area contributed by atoms with Gasteiger partial charge in [0.15, 0.2) is 0 Å². The summed E-state index contributed by atoms with van der Waals surface area (Å²) in [7, 11) is 0. The van der Waals surface area contributed by atoms with Gasteiger partial charge < -0.3 is 4.57 Å². The fourth-order valence-electron chi connectivity index (χ4n) is 7.45. The molecule has 0 radical (unpaired) electrons. The number of nitrogens with zero attached hydrogens (tertiary/aromatic N) is 3. The van der Waals surface area contributed by atoms with Gasteiger partial charge in [0.25, 0.3) is 0 Å². The molecule has 2 aromatic heterocycles. The molecule has 0 bridgehead atoms. The molecule has 9 rings (SSSR count). The average molecular weight is 526 g/mol. The molecule has 0 saturated heterocycles. The quantitative estimate of drug-likeness (QED) is 0.220. The molecule has 2 heterocycles. The van der Waals surface area contributed by atoms with E-state index in [-0.39, 0.29) is 5.41 Å². The van der Waals surface area contributed by atoms with Gasteiger partial charge >= 0.3 is 0 Å². The predicted octanol–water partition coefficient (Wildman–Crippen LogP) is 9.58. The van der Waals surface area contributed by atoms with Crippen LogP contribution >= 0.6 is 0 Å². The van der Waals surface area contributed by atoms with E-state index in [1.54, 1.807) is 0 Å². The first kappa shape index (κ1) is 22.6. The monoisotopic (exact) mass is 525 g/mol. The third-order valence-electron chi connectivity index (χ3n) is 9.15. The van der Waals surface area contributed by atoms with E-state index in [9.17, 15) is 0 Å². The Balaban J connectivity index is 1.49. The minimum absolute atomic E-state index is 0.135. The lowest BCUT2D eigenvalue weighted by Crippen LogP contribution is -2.15. The summed E-state index contributed by atoms with van der Waals surface area (Å²) in [6.07, 6.45) is 1.95. The molecule has 0 spiro atoms. The molecule has 194 valence electrons. The molecular weight excluding hydrogens is 498 g/mol. The topological polar surface area (TPSA) is 22.8 Å². The van der Waals surface area contributed by atoms with Crippen LogP contribution in [0.2, 0.25) is 0 Å². The van der Waals surface area contributed by atoms with Gasteiger partial charge in [0.05, 0.1) is 22.2 Å². The average Bonchev–Trinajstić information content (AvgIpc) is 3.67. The molecule has 3 nitrogen and oxygen atoms in total. The minimum atomic E-state index is -0.135. The summed E-state index contributed by atoms with van der Waals surface area (Å²) in [4.78, 5) is 5.02. The summed E-state index contributed by atoms with van der Waals surface area (Å²) < 4.78 is 4.65. The molecular formula is C38H27N3. The number of para-hydroxylation sites is 3. The fourth-order valence-corrected chi connectivity index (χ4v) is 7.45. The fraction of sp³-hybridized carbons (Fsp3) is 0.0789. The summed E-state index contributed by atoms with van der Waals surface area (Å²) in [6, 6.07) is 43.8. The van der Waals surface area contributed by atoms with Gasteiger partial charge in [0.2, 0.25) is 0 Å². The van der Waals surface area contributed by atoms with Crippen molar-refractivity contribution in [3.05, 3.63) is 139 Å². The van der Waals surface area contributed by atoms with Crippen LogP contribution in [0.5, 0.6) is 0 Å². The third kappa shape index (κ3) is 2.85. The van der Waals surface area contributed by atoms with Crippen LogP contribution in [0.3, 0.4) is 0 Å². The van der Waals surface area contributed by atoms with Crippen LogP contribution in [-0.4, -0.2) is 14.1 Å². The number of rotatable bonds is 2. The van der Waals surface area contributed by atoms with Crippen molar-refractivity contribution >= 4 is 43.6 Å². The second-order valence-corrected chi connectivity index (χ2v) is 11.6. The standard InChI is InChI=1S/C38H27N3/c1-38(2)29-19-10-8-17-27(29)33-25-15-6-7-16-26(25)37-34(35(33)38)28-18-9-11-20-30(28)41(37)32-22-12-21-31-36(32)39-23-40(31)24-13-4-3-5-14-24/h3-23H,1-2H3. The molecule has 41 heavy (non-hydrogen) atoms. The minimum Gasteiger partial charge on any atom is -0.306 e. The van der Waals surface area contributed by atoms with Crippen molar-refractivity contribution in [2.75, 3.05) is 0 Å². The molecule has 3 heteroatoms. The van der Waals surface area contributed by atoms with Gasteiger partial charge in [-0.25, -0.2) is 4.98 Å². The highest BCUT2D eigenvalue weighted by molar-refractivity contribution is 6.26. The zero-order valence-corrected chi connectivity index (χ0v) is 23.0. The van der Waals surface area contributed by atoms with Crippen molar-refractivity contribution < 1.29 is 0 Å². The number of hydrogen-bond acceptors (Lipinski definition) is 1. The number of benzene rings is 6. The highest BCUT2D eigenvalue weighted by Gasteiger charge is 2.39. The Labute approximate surface area is 237 Å². The van der Waals surface area contributed by atoms with E-state index in [1.807, 2.05) is 6.33 Å². The van der Waals surface area contributed by atoms with Crippen molar-refractivity contribution in [3.63, 3.8) is 0 Å². The van der Waals surface area contributed by atoms with Crippen molar-refractivity contribution in [3.8, 4) is 22.5 Å². The highest BCUT2D eigenvalue weighted by Crippen LogP contribution is 2.56. The van der Waals surface area contributed by atoms with Gasteiger partial charge in [-0.3, -0.25) is 4.57 Å². The molecule has 0 atom stereocenters. The lowest BCUT2D eigenvalue weighted by Gasteiger charge is -2.23. The summed E-state index contributed by atoms with van der Waals surface area (Å²) in [6.45, 7) is 4.78. The van der Waals surface area contributed by atoms with E-state index in [4.69, 9.17) is 4.98 Å². The molecule has 0 saturated carbocycles. The number of imidazole rings is 1. The van der Waals surface area contributed by atoms with Crippen LogP contribution in [0, 0.1) is 0 Å². The smallest absolute Gasteiger partial charge is 0.113 e. The Kier molecular flexibility index (Phi) is 4.39. The Morgan fingerprint density at radius 3 is 2.15 bits per heavy atom. The van der Waals surface area contributed by atoms with Gasteiger partial charge in [-0.2, -0.15) is 0 Å². The molecule has 0 unspecified atom stereocenters. The maximum atomic E-state index is 5.02. The van der Waals surface area contributed by atoms with Gasteiger partial charge in [-0.1, -0.05) is 105 Å². The first-order chi connectivity index (χ1) is 20.1. The van der Waals surface area contributed by atoms with Crippen molar-refractivity contribution in [1.29, 1.82) is 0 Å². The highest BCUT2D eigenvalue weighted by atomic mass is 15.1. The first-order valence-corrected chi connectivity index (χ1v) is 14.2. The maximum absolute atomic E-state index is 5.02. The van der Waals surface area contributed by atoms with E-state index < -0.39 is 0 Å². The molecule has 8 aromatic rings. The Bertz CT molecular complexity index is 2330. The van der Waals surface area contributed by atoms with Crippen LogP contribution < -0.4 is 0 Å². The molecule has 0 fully saturated rings. The van der Waals surface area contributed by atoms with Gasteiger partial charge in [0.1, 0.15) is 11.8 Å². The van der Waals surface area contributed by atoms with E-state index in [0.29, 0.717) is 0 Å². The normalized spacial score (nSPS) is 13.8. The SMILES string of the molecule is CC1(C)c2ccccc2-c2c1c1c3ccccc3n(-c3cccc4c3ncn4-c3ccccc3)c1c1ccccc21. The van der Waals surface area contributed by atoms with Crippen LogP contribution in [0.1, 0.15) is 25.0 Å². The molecule has 1 aliphatic carbocycles. The van der Waals surface area contributed by atoms with E-state index >= 15 is 0 Å². The number of hydrogen-bond donors (Lipinski definition) is 0. The Hall–Kier alpha value is -5.15. The van der Waals surface area contributed by atoms with Crippen molar-refractivity contribution in [1.82, 2.24) is 14.1 Å². The first-order valence-electron chi connectivity index (χ1n) is 14.2. The lowest BCUT2D eigenvalue weighted by molar-refractivity contribution is 0.667. The molecule has 1 aliphatic rings.